The van der Waals surface area contributed by atoms with Crippen LogP contribution < -0.4 is 4.74 Å². The first-order chi connectivity index (χ1) is 16.6. The number of fused-ring (bicyclic) bond motifs is 1. The lowest BCUT2D eigenvalue weighted by Crippen LogP contribution is -2.35. The molecule has 35 heavy (non-hydrogen) atoms. The third kappa shape index (κ3) is 4.23. The number of aromatic hydroxyl groups is 1. The van der Waals surface area contributed by atoms with Crippen LogP contribution in [0.2, 0.25) is 0 Å². The Morgan fingerprint density at radius 2 is 1.94 bits per heavy atom. The van der Waals surface area contributed by atoms with E-state index in [0.717, 1.165) is 5.56 Å². The molecule has 0 saturated carbocycles. The van der Waals surface area contributed by atoms with Crippen molar-refractivity contribution >= 4 is 23.1 Å². The van der Waals surface area contributed by atoms with Crippen molar-refractivity contribution in [1.82, 2.24) is 19.2 Å². The number of rotatable bonds is 7. The van der Waals surface area contributed by atoms with Crippen molar-refractivity contribution in [3.63, 3.8) is 0 Å². The highest BCUT2D eigenvalue weighted by Gasteiger charge is 2.46. The van der Waals surface area contributed by atoms with Gasteiger partial charge in [-0.05, 0) is 64.2 Å². The molecule has 3 heterocycles. The summed E-state index contributed by atoms with van der Waals surface area (Å²) in [6.45, 7) is 6.64. The zero-order valence-electron chi connectivity index (χ0n) is 20.6. The summed E-state index contributed by atoms with van der Waals surface area (Å²) in [5, 5.41) is 21.6. The molecule has 3 aromatic rings. The number of phenolic OH excluding ortho intramolecular Hbond substituents is 1. The molecule has 0 spiro atoms. The molecule has 9 heteroatoms. The molecule has 1 saturated heterocycles. The van der Waals surface area contributed by atoms with Crippen LogP contribution in [0, 0.1) is 13.8 Å². The fourth-order valence-corrected chi connectivity index (χ4v) is 4.41. The third-order valence-corrected chi connectivity index (χ3v) is 6.24. The van der Waals surface area contributed by atoms with E-state index in [1.807, 2.05) is 48.6 Å². The molecular weight excluding hydrogens is 448 g/mol. The second-order valence-electron chi connectivity index (χ2n) is 8.89. The molecular formula is C26H30N4O5. The van der Waals surface area contributed by atoms with E-state index >= 15 is 0 Å². The van der Waals surface area contributed by atoms with E-state index in [9.17, 15) is 19.8 Å². The van der Waals surface area contributed by atoms with E-state index in [4.69, 9.17) is 4.74 Å². The Balaban J connectivity index is 1.93. The first-order valence-corrected chi connectivity index (χ1v) is 11.5. The summed E-state index contributed by atoms with van der Waals surface area (Å²) in [6.07, 6.45) is 1.84. The van der Waals surface area contributed by atoms with E-state index in [0.29, 0.717) is 30.1 Å². The van der Waals surface area contributed by atoms with Gasteiger partial charge in [0.15, 0.2) is 17.3 Å². The quantitative estimate of drug-likeness (QED) is 0.305. The van der Waals surface area contributed by atoms with Crippen LogP contribution in [-0.2, 0) is 9.59 Å². The number of imidazole rings is 1. The van der Waals surface area contributed by atoms with Crippen molar-refractivity contribution in [1.29, 1.82) is 0 Å². The molecule has 1 aliphatic rings. The van der Waals surface area contributed by atoms with Gasteiger partial charge in [0.25, 0.3) is 11.7 Å². The SMILES string of the molecule is CCOc1cc(C2C(=C(O)c3nc4c(C)cccn4c3C)C(=O)C(=O)N2CCN(C)C)ccc1O. The lowest BCUT2D eigenvalue weighted by Gasteiger charge is -2.27. The molecule has 1 fully saturated rings. The minimum absolute atomic E-state index is 0.0361. The van der Waals surface area contributed by atoms with Gasteiger partial charge in [0.05, 0.1) is 23.9 Å². The van der Waals surface area contributed by atoms with E-state index in [-0.39, 0.29) is 35.1 Å². The van der Waals surface area contributed by atoms with E-state index in [2.05, 4.69) is 4.98 Å². The van der Waals surface area contributed by atoms with Gasteiger partial charge in [-0.1, -0.05) is 12.1 Å². The number of benzene rings is 1. The van der Waals surface area contributed by atoms with Gasteiger partial charge in [0.2, 0.25) is 0 Å². The Labute approximate surface area is 203 Å². The summed E-state index contributed by atoms with van der Waals surface area (Å²) in [5.41, 5.74) is 2.99. The van der Waals surface area contributed by atoms with Gasteiger partial charge in [0.1, 0.15) is 11.3 Å². The van der Waals surface area contributed by atoms with Crippen LogP contribution >= 0.6 is 0 Å². The van der Waals surface area contributed by atoms with Crippen LogP contribution in [0.3, 0.4) is 0 Å². The first kappa shape index (κ1) is 24.3. The van der Waals surface area contributed by atoms with Gasteiger partial charge < -0.3 is 29.2 Å². The molecule has 9 nitrogen and oxygen atoms in total. The maximum atomic E-state index is 13.3. The first-order valence-electron chi connectivity index (χ1n) is 11.5. The number of carbonyl (C=O) groups is 2. The van der Waals surface area contributed by atoms with Crippen molar-refractivity contribution in [2.45, 2.75) is 26.8 Å². The van der Waals surface area contributed by atoms with Gasteiger partial charge in [-0.25, -0.2) is 4.98 Å². The molecule has 1 atom stereocenters. The van der Waals surface area contributed by atoms with Crippen LogP contribution in [-0.4, -0.2) is 74.9 Å². The summed E-state index contributed by atoms with van der Waals surface area (Å²) in [4.78, 5) is 34.4. The molecule has 0 radical (unpaired) electrons. The predicted molar refractivity (Wildman–Crippen MR) is 132 cm³/mol. The number of ketones is 1. The highest BCUT2D eigenvalue weighted by Crippen LogP contribution is 2.42. The number of aliphatic hydroxyl groups is 1. The van der Waals surface area contributed by atoms with Gasteiger partial charge in [-0.2, -0.15) is 0 Å². The summed E-state index contributed by atoms with van der Waals surface area (Å²) >= 11 is 0. The van der Waals surface area contributed by atoms with Gasteiger partial charge in [-0.15, -0.1) is 0 Å². The standard InChI is InChI=1S/C26H30N4O5/c1-6-35-19-14-17(9-10-18(19)31)22-20(24(33)26(34)30(22)13-12-28(4)5)23(32)21-16(3)29-11-7-8-15(2)25(29)27-21/h7-11,14,22,31-32H,6,12-13H2,1-5H3. The van der Waals surface area contributed by atoms with Crippen molar-refractivity contribution in [3.05, 3.63) is 64.6 Å². The molecule has 1 amide bonds. The third-order valence-electron chi connectivity index (χ3n) is 6.24. The van der Waals surface area contributed by atoms with Crippen LogP contribution in [0.5, 0.6) is 11.5 Å². The van der Waals surface area contributed by atoms with Crippen LogP contribution in [0.1, 0.15) is 35.5 Å². The number of Topliss-reactive ketones (excluding diaryl/α,β-unsaturated/α-hetero) is 1. The minimum atomic E-state index is -0.861. The van der Waals surface area contributed by atoms with E-state index < -0.39 is 17.7 Å². The normalized spacial score (nSPS) is 17.7. The maximum absolute atomic E-state index is 13.3. The number of amides is 1. The summed E-state index contributed by atoms with van der Waals surface area (Å²) in [7, 11) is 3.75. The highest BCUT2D eigenvalue weighted by atomic mass is 16.5. The molecule has 1 unspecified atom stereocenters. The number of ether oxygens (including phenoxy) is 1. The number of carbonyl (C=O) groups excluding carboxylic acids is 2. The minimum Gasteiger partial charge on any atom is -0.505 e. The fraction of sp³-hybridized carbons (Fsp3) is 0.346. The lowest BCUT2D eigenvalue weighted by molar-refractivity contribution is -0.140. The van der Waals surface area contributed by atoms with Gasteiger partial charge >= 0.3 is 0 Å². The number of aryl methyl sites for hydroxylation is 2. The van der Waals surface area contributed by atoms with E-state index in [1.165, 1.54) is 11.0 Å². The summed E-state index contributed by atoms with van der Waals surface area (Å²) in [6, 6.07) is 7.63. The zero-order valence-corrected chi connectivity index (χ0v) is 20.6. The second-order valence-corrected chi connectivity index (χ2v) is 8.89. The Morgan fingerprint density at radius 1 is 1.20 bits per heavy atom. The van der Waals surface area contributed by atoms with Crippen molar-refractivity contribution in [3.8, 4) is 11.5 Å². The molecule has 1 aliphatic heterocycles. The molecule has 4 rings (SSSR count). The van der Waals surface area contributed by atoms with Gasteiger partial charge in [-0.3, -0.25) is 9.59 Å². The molecule has 2 aromatic heterocycles. The summed E-state index contributed by atoms with van der Waals surface area (Å²) in [5.74, 6) is -1.60. The Hall–Kier alpha value is -3.85. The average molecular weight is 479 g/mol. The number of nitrogens with zero attached hydrogens (tertiary/aromatic N) is 4. The molecule has 1 aromatic carbocycles. The Morgan fingerprint density at radius 3 is 2.60 bits per heavy atom. The monoisotopic (exact) mass is 478 g/mol. The molecule has 184 valence electrons. The highest BCUT2D eigenvalue weighted by molar-refractivity contribution is 6.46. The Kier molecular flexibility index (Phi) is 6.53. The number of phenols is 1. The predicted octanol–water partition coefficient (Wildman–Crippen LogP) is 3.04. The van der Waals surface area contributed by atoms with Gasteiger partial charge in [0, 0.05) is 19.3 Å². The van der Waals surface area contributed by atoms with Crippen molar-refractivity contribution < 1.29 is 24.5 Å². The average Bonchev–Trinajstić information content (AvgIpc) is 3.29. The van der Waals surface area contributed by atoms with Crippen molar-refractivity contribution in [2.24, 2.45) is 0 Å². The van der Waals surface area contributed by atoms with E-state index in [1.54, 1.807) is 26.0 Å². The largest absolute Gasteiger partial charge is 0.505 e. The maximum Gasteiger partial charge on any atom is 0.295 e. The zero-order chi connectivity index (χ0) is 25.4. The Bertz CT molecular complexity index is 1340. The molecule has 0 bridgehead atoms. The molecule has 0 aliphatic carbocycles. The number of hydrogen-bond donors (Lipinski definition) is 2. The van der Waals surface area contributed by atoms with Crippen LogP contribution in [0.15, 0.2) is 42.1 Å². The number of hydrogen-bond acceptors (Lipinski definition) is 7. The fourth-order valence-electron chi connectivity index (χ4n) is 4.41. The molecule has 2 N–H and O–H groups in total. The van der Waals surface area contributed by atoms with Crippen LogP contribution in [0.25, 0.3) is 11.4 Å². The summed E-state index contributed by atoms with van der Waals surface area (Å²) < 4.78 is 7.38. The number of likely N-dealkylation sites (tertiary alicyclic amines) is 1. The topological polar surface area (TPSA) is 108 Å². The smallest absolute Gasteiger partial charge is 0.295 e. The van der Waals surface area contributed by atoms with Crippen molar-refractivity contribution in [2.75, 3.05) is 33.8 Å². The number of aliphatic hydroxyl groups excluding tert-OH is 1. The number of pyridine rings is 1. The lowest BCUT2D eigenvalue weighted by atomic mass is 9.96. The van der Waals surface area contributed by atoms with Crippen LogP contribution in [0.4, 0.5) is 0 Å². The number of aromatic nitrogens is 2. The second kappa shape index (κ2) is 9.42. The number of likely N-dealkylation sites (N-methyl/N-ethyl adjacent to an activating group) is 1.